The highest BCUT2D eigenvalue weighted by molar-refractivity contribution is 7.87. The van der Waals surface area contributed by atoms with Crippen LogP contribution in [0.4, 0.5) is 26.3 Å². The van der Waals surface area contributed by atoms with E-state index in [1.165, 1.54) is 0 Å². The molecule has 0 amide bonds. The van der Waals surface area contributed by atoms with Gasteiger partial charge in [-0.3, -0.25) is 4.18 Å². The van der Waals surface area contributed by atoms with Crippen molar-refractivity contribution in [2.75, 3.05) is 7.11 Å². The molecule has 0 fully saturated rings. The fraction of sp³-hybridized carbons (Fsp3) is 1.00. The molecule has 0 unspecified atom stereocenters. The fourth-order valence-corrected chi connectivity index (χ4v) is 1.22. The Morgan fingerprint density at radius 2 is 1.33 bits per heavy atom. The van der Waals surface area contributed by atoms with Crippen LogP contribution in [0, 0.1) is 0 Å². The Morgan fingerprint density at radius 3 is 1.53 bits per heavy atom. The van der Waals surface area contributed by atoms with Crippen molar-refractivity contribution < 1.29 is 38.9 Å². The van der Waals surface area contributed by atoms with Gasteiger partial charge >= 0.3 is 27.2 Å². The molecule has 3 nitrogen and oxygen atoms in total. The predicted octanol–water partition coefficient (Wildman–Crippen LogP) is 1.85. The van der Waals surface area contributed by atoms with E-state index in [9.17, 15) is 34.8 Å². The van der Waals surface area contributed by atoms with E-state index in [2.05, 4.69) is 4.18 Å². The maximum absolute atomic E-state index is 12.5. The topological polar surface area (TPSA) is 43.4 Å². The molecule has 10 heteroatoms. The number of hydrogen-bond donors (Lipinski definition) is 0. The summed E-state index contributed by atoms with van der Waals surface area (Å²) in [4.78, 5) is 0. The molecule has 0 aliphatic rings. The summed E-state index contributed by atoms with van der Waals surface area (Å²) in [7, 11) is -5.94. The first-order valence-electron chi connectivity index (χ1n) is 3.25. The van der Waals surface area contributed by atoms with Crippen LogP contribution in [0.1, 0.15) is 6.92 Å². The van der Waals surface area contributed by atoms with Crippen LogP contribution in [0.3, 0.4) is 0 Å². The zero-order valence-electron chi connectivity index (χ0n) is 7.40. The summed E-state index contributed by atoms with van der Waals surface area (Å²) >= 11 is 0. The SMILES string of the molecule is COS(=O)(=O)C(F)(F)C(F)(F)C(C)(F)F. The van der Waals surface area contributed by atoms with E-state index < -0.39 is 34.1 Å². The molecule has 0 N–H and O–H groups in total. The van der Waals surface area contributed by atoms with Crippen LogP contribution in [0.5, 0.6) is 0 Å². The summed E-state index contributed by atoms with van der Waals surface area (Å²) in [6.07, 6.45) is 0. The van der Waals surface area contributed by atoms with Crippen LogP contribution < -0.4 is 0 Å². The summed E-state index contributed by atoms with van der Waals surface area (Å²) < 4.78 is 97.9. The van der Waals surface area contributed by atoms with Gasteiger partial charge in [-0.05, 0) is 0 Å². The fourth-order valence-electron chi connectivity index (χ4n) is 0.517. The summed E-state index contributed by atoms with van der Waals surface area (Å²) in [6, 6.07) is 0. The van der Waals surface area contributed by atoms with Crippen LogP contribution in [0.15, 0.2) is 0 Å². The maximum atomic E-state index is 12.5. The molecule has 0 aromatic carbocycles. The van der Waals surface area contributed by atoms with Crippen molar-refractivity contribution in [3.63, 3.8) is 0 Å². The lowest BCUT2D eigenvalue weighted by Gasteiger charge is -2.29. The van der Waals surface area contributed by atoms with Crippen molar-refractivity contribution in [2.24, 2.45) is 0 Å². The molecule has 0 aromatic rings. The van der Waals surface area contributed by atoms with E-state index >= 15 is 0 Å². The van der Waals surface area contributed by atoms with Crippen molar-refractivity contribution in [1.29, 1.82) is 0 Å². The van der Waals surface area contributed by atoms with Crippen molar-refractivity contribution in [3.8, 4) is 0 Å². The van der Waals surface area contributed by atoms with Gasteiger partial charge in [-0.25, -0.2) is 0 Å². The molecule has 0 heterocycles. The molecule has 92 valence electrons. The Kier molecular flexibility index (Phi) is 3.39. The molecule has 0 atom stereocenters. The van der Waals surface area contributed by atoms with Gasteiger partial charge in [0.25, 0.3) is 0 Å². The highest BCUT2D eigenvalue weighted by atomic mass is 32.2. The van der Waals surface area contributed by atoms with E-state index in [0.717, 1.165) is 0 Å². The zero-order valence-corrected chi connectivity index (χ0v) is 8.22. The van der Waals surface area contributed by atoms with Gasteiger partial charge in [0.1, 0.15) is 0 Å². The predicted molar refractivity (Wildman–Crippen MR) is 36.4 cm³/mol. The Bertz CT molecular complexity index is 329. The van der Waals surface area contributed by atoms with Crippen LogP contribution in [0.25, 0.3) is 0 Å². The second-order valence-electron chi connectivity index (χ2n) is 2.60. The van der Waals surface area contributed by atoms with Gasteiger partial charge < -0.3 is 0 Å². The average Bonchev–Trinajstić information content (AvgIpc) is 2.01. The summed E-state index contributed by atoms with van der Waals surface area (Å²) in [6.45, 7) is -0.522. The van der Waals surface area contributed by atoms with E-state index in [0.29, 0.717) is 0 Å². The third-order valence-electron chi connectivity index (χ3n) is 1.45. The second-order valence-corrected chi connectivity index (χ2v) is 4.35. The smallest absolute Gasteiger partial charge is 0.269 e. The minimum atomic E-state index is -6.10. The lowest BCUT2D eigenvalue weighted by molar-refractivity contribution is -0.273. The molecule has 0 radical (unpaired) electrons. The number of alkyl halides is 6. The Labute approximate surface area is 81.1 Å². The van der Waals surface area contributed by atoms with Gasteiger partial charge in [0.05, 0.1) is 7.11 Å². The monoisotopic (exact) mass is 260 g/mol. The standard InChI is InChI=1S/C5H6F6O3S/c1-3(6,7)4(8,9)5(10,11)15(12,13)14-2/h1-2H3. The lowest BCUT2D eigenvalue weighted by Crippen LogP contribution is -2.56. The summed E-state index contributed by atoms with van der Waals surface area (Å²) in [5.41, 5.74) is 0. The first kappa shape index (κ1) is 14.5. The largest absolute Gasteiger partial charge is 0.438 e. The molecule has 0 spiro atoms. The highest BCUT2D eigenvalue weighted by Crippen LogP contribution is 2.48. The van der Waals surface area contributed by atoms with E-state index in [1.54, 1.807) is 0 Å². The first-order valence-corrected chi connectivity index (χ1v) is 4.65. The van der Waals surface area contributed by atoms with Crippen LogP contribution in [-0.2, 0) is 14.3 Å². The normalized spacial score (nSPS) is 15.5. The number of halogens is 6. The van der Waals surface area contributed by atoms with Gasteiger partial charge in [-0.1, -0.05) is 0 Å². The van der Waals surface area contributed by atoms with Crippen LogP contribution >= 0.6 is 0 Å². The van der Waals surface area contributed by atoms with Crippen molar-refractivity contribution >= 4 is 10.1 Å². The van der Waals surface area contributed by atoms with Gasteiger partial charge in [-0.2, -0.15) is 34.8 Å². The summed E-state index contributed by atoms with van der Waals surface area (Å²) in [5.74, 6) is -11.3. The van der Waals surface area contributed by atoms with Gasteiger partial charge in [0, 0.05) is 6.92 Å². The molecule has 0 rings (SSSR count). The van der Waals surface area contributed by atoms with Gasteiger partial charge in [0.15, 0.2) is 0 Å². The highest BCUT2D eigenvalue weighted by Gasteiger charge is 2.76. The van der Waals surface area contributed by atoms with Gasteiger partial charge in [0.2, 0.25) is 0 Å². The molecular weight excluding hydrogens is 254 g/mol. The molecular formula is C5H6F6O3S. The van der Waals surface area contributed by atoms with Crippen molar-refractivity contribution in [3.05, 3.63) is 0 Å². The molecule has 0 aliphatic heterocycles. The van der Waals surface area contributed by atoms with Gasteiger partial charge in [-0.15, -0.1) is 0 Å². The van der Waals surface area contributed by atoms with Crippen LogP contribution in [0.2, 0.25) is 0 Å². The third kappa shape index (κ3) is 2.05. The molecule has 0 aromatic heterocycles. The molecule has 0 saturated carbocycles. The Morgan fingerprint density at radius 1 is 1.00 bits per heavy atom. The number of rotatable bonds is 4. The van der Waals surface area contributed by atoms with E-state index in [-0.39, 0.29) is 7.11 Å². The quantitative estimate of drug-likeness (QED) is 0.572. The molecule has 0 aliphatic carbocycles. The molecule has 15 heavy (non-hydrogen) atoms. The lowest BCUT2D eigenvalue weighted by atomic mass is 10.2. The third-order valence-corrected chi connectivity index (χ3v) is 2.77. The Balaban J connectivity index is 5.60. The van der Waals surface area contributed by atoms with Crippen molar-refractivity contribution in [2.45, 2.75) is 24.0 Å². The Hall–Kier alpha value is -0.510. The van der Waals surface area contributed by atoms with Crippen LogP contribution in [-0.4, -0.2) is 32.6 Å². The van der Waals surface area contributed by atoms with Crippen molar-refractivity contribution in [1.82, 2.24) is 0 Å². The van der Waals surface area contributed by atoms with E-state index in [4.69, 9.17) is 0 Å². The zero-order chi connectivity index (χ0) is 12.7. The number of hydrogen-bond acceptors (Lipinski definition) is 3. The molecule has 0 bridgehead atoms. The molecule has 0 saturated heterocycles. The minimum absolute atomic E-state index is 0.160. The maximum Gasteiger partial charge on any atom is 0.438 e. The second kappa shape index (κ2) is 3.51. The summed E-state index contributed by atoms with van der Waals surface area (Å²) in [5, 5.41) is -6.01. The average molecular weight is 260 g/mol. The minimum Gasteiger partial charge on any atom is -0.269 e. The first-order chi connectivity index (χ1) is 6.31. The van der Waals surface area contributed by atoms with E-state index in [1.807, 2.05) is 0 Å².